The van der Waals surface area contributed by atoms with Gasteiger partial charge in [-0.15, -0.1) is 11.3 Å². The Morgan fingerprint density at radius 3 is 2.45 bits per heavy atom. The first-order valence-corrected chi connectivity index (χ1v) is 10.4. The summed E-state index contributed by atoms with van der Waals surface area (Å²) in [5.41, 5.74) is 0.242. The normalized spacial score (nSPS) is 19.2. The third kappa shape index (κ3) is 5.00. The van der Waals surface area contributed by atoms with Crippen molar-refractivity contribution in [3.05, 3.63) is 31.3 Å². The summed E-state index contributed by atoms with van der Waals surface area (Å²) >= 11 is 0.834. The molecule has 3 rings (SSSR count). The van der Waals surface area contributed by atoms with Crippen LogP contribution in [0, 0.1) is 12.8 Å². The minimum absolute atomic E-state index is 0.0418. The predicted molar refractivity (Wildman–Crippen MR) is 111 cm³/mol. The lowest BCUT2D eigenvalue weighted by molar-refractivity contribution is -0.140. The highest BCUT2D eigenvalue weighted by molar-refractivity contribution is 7.20. The Hall–Kier alpha value is -2.63. The Bertz CT molecular complexity index is 1170. The minimum Gasteiger partial charge on any atom is -0.443 e. The number of rotatable bonds is 4. The SMILES string of the molecule is Cc1c(/C=N/NC(=O)OC(C)(C)C)sc2c1c(=O)n([C@H]1C[C@@H]1C)c(=O)n2CC(F)(F)F. The zero-order valence-electron chi connectivity index (χ0n) is 17.7. The molecule has 2 aromatic rings. The maximum absolute atomic E-state index is 13.2. The number of hydrogen-bond donors (Lipinski definition) is 1. The standard InChI is InChI=1S/C19H23F3N4O4S/c1-9-6-11(9)26-14(27)13-10(2)12(7-23-24-16(28)30-18(3,4)5)31-15(13)25(17(26)29)8-19(20,21)22/h7,9,11H,6,8H2,1-5H3,(H,24,28)/b23-7+/t9-,11-/m0/s1. The number of hydrazone groups is 1. The molecule has 1 saturated carbocycles. The Balaban J connectivity index is 2.07. The fraction of sp³-hybridized carbons (Fsp3) is 0.579. The van der Waals surface area contributed by atoms with E-state index in [4.69, 9.17) is 4.74 Å². The molecule has 0 aromatic carbocycles. The van der Waals surface area contributed by atoms with E-state index in [1.807, 2.05) is 6.92 Å². The average molecular weight is 460 g/mol. The van der Waals surface area contributed by atoms with Gasteiger partial charge in [0.05, 0.1) is 16.5 Å². The molecule has 2 heterocycles. The number of thiophene rings is 1. The number of nitrogens with zero attached hydrogens (tertiary/aromatic N) is 3. The summed E-state index contributed by atoms with van der Waals surface area (Å²) in [6.45, 7) is 6.93. The van der Waals surface area contributed by atoms with Gasteiger partial charge in [0, 0.05) is 6.04 Å². The zero-order chi connectivity index (χ0) is 23.3. The van der Waals surface area contributed by atoms with Crippen molar-refractivity contribution >= 4 is 33.9 Å². The van der Waals surface area contributed by atoms with Gasteiger partial charge in [-0.3, -0.25) is 13.9 Å². The Morgan fingerprint density at radius 1 is 1.32 bits per heavy atom. The van der Waals surface area contributed by atoms with E-state index >= 15 is 0 Å². The van der Waals surface area contributed by atoms with Crippen LogP contribution in [0.1, 0.15) is 50.6 Å². The predicted octanol–water partition coefficient (Wildman–Crippen LogP) is 3.53. The molecule has 0 spiro atoms. The number of aryl methyl sites for hydroxylation is 1. The molecule has 170 valence electrons. The molecule has 2 atom stereocenters. The lowest BCUT2D eigenvalue weighted by atomic mass is 10.2. The van der Waals surface area contributed by atoms with Gasteiger partial charge in [-0.05, 0) is 45.6 Å². The second-order valence-corrected chi connectivity index (χ2v) is 9.61. The van der Waals surface area contributed by atoms with Crippen molar-refractivity contribution in [3.63, 3.8) is 0 Å². The molecule has 8 nitrogen and oxygen atoms in total. The summed E-state index contributed by atoms with van der Waals surface area (Å²) in [6, 6.07) is -0.408. The number of nitrogens with one attached hydrogen (secondary N) is 1. The molecule has 1 amide bonds. The highest BCUT2D eigenvalue weighted by Gasteiger charge is 2.39. The van der Waals surface area contributed by atoms with Crippen molar-refractivity contribution in [1.82, 2.24) is 14.6 Å². The molecule has 1 N–H and O–H groups in total. The van der Waals surface area contributed by atoms with Crippen molar-refractivity contribution in [3.8, 4) is 0 Å². The smallest absolute Gasteiger partial charge is 0.428 e. The second kappa shape index (κ2) is 7.81. The van der Waals surface area contributed by atoms with E-state index in [2.05, 4.69) is 10.5 Å². The molecule has 12 heteroatoms. The largest absolute Gasteiger partial charge is 0.443 e. The molecule has 0 aliphatic heterocycles. The van der Waals surface area contributed by atoms with E-state index in [1.54, 1.807) is 27.7 Å². The summed E-state index contributed by atoms with van der Waals surface area (Å²) in [4.78, 5) is 37.8. The number of hydrogen-bond acceptors (Lipinski definition) is 6. The number of fused-ring (bicyclic) bond motifs is 1. The number of alkyl halides is 3. The molecular formula is C19H23F3N4O4S. The van der Waals surface area contributed by atoms with Gasteiger partial charge < -0.3 is 4.74 Å². The van der Waals surface area contributed by atoms with Crippen LogP contribution in [0.2, 0.25) is 0 Å². The van der Waals surface area contributed by atoms with E-state index in [9.17, 15) is 27.6 Å². The van der Waals surface area contributed by atoms with E-state index in [1.165, 1.54) is 6.21 Å². The maximum Gasteiger partial charge on any atom is 0.428 e. The molecule has 31 heavy (non-hydrogen) atoms. The number of aromatic nitrogens is 2. The van der Waals surface area contributed by atoms with E-state index in [0.717, 1.165) is 15.9 Å². The van der Waals surface area contributed by atoms with Gasteiger partial charge in [-0.1, -0.05) is 6.92 Å². The lowest BCUT2D eigenvalue weighted by Crippen LogP contribution is -2.41. The molecule has 0 unspecified atom stereocenters. The quantitative estimate of drug-likeness (QED) is 0.558. The fourth-order valence-corrected chi connectivity index (χ4v) is 4.39. The molecule has 0 saturated heterocycles. The van der Waals surface area contributed by atoms with Crippen molar-refractivity contribution in [2.75, 3.05) is 0 Å². The van der Waals surface area contributed by atoms with Gasteiger partial charge in [-0.2, -0.15) is 18.3 Å². The van der Waals surface area contributed by atoms with Gasteiger partial charge in [0.15, 0.2) is 0 Å². The van der Waals surface area contributed by atoms with Crippen molar-refractivity contribution in [2.24, 2.45) is 11.0 Å². The van der Waals surface area contributed by atoms with Crippen LogP contribution in [0.25, 0.3) is 10.2 Å². The van der Waals surface area contributed by atoms with Gasteiger partial charge in [0.1, 0.15) is 17.0 Å². The van der Waals surface area contributed by atoms with Crippen molar-refractivity contribution in [2.45, 2.75) is 65.4 Å². The van der Waals surface area contributed by atoms with Gasteiger partial charge in [0.2, 0.25) is 0 Å². The topological polar surface area (TPSA) is 94.7 Å². The summed E-state index contributed by atoms with van der Waals surface area (Å²) in [5.74, 6) is 0.0418. The van der Waals surface area contributed by atoms with Crippen LogP contribution in [0.5, 0.6) is 0 Å². The fourth-order valence-electron chi connectivity index (χ4n) is 3.22. The summed E-state index contributed by atoms with van der Waals surface area (Å²) in [5, 5.41) is 3.81. The van der Waals surface area contributed by atoms with E-state index in [-0.39, 0.29) is 16.1 Å². The number of amides is 1. The molecule has 1 aliphatic carbocycles. The van der Waals surface area contributed by atoms with Crippen molar-refractivity contribution in [1.29, 1.82) is 0 Å². The Morgan fingerprint density at radius 2 is 1.94 bits per heavy atom. The number of ether oxygens (including phenoxy) is 1. The first-order chi connectivity index (χ1) is 14.2. The van der Waals surface area contributed by atoms with Crippen LogP contribution in [-0.4, -0.2) is 33.2 Å². The zero-order valence-corrected chi connectivity index (χ0v) is 18.5. The van der Waals surface area contributed by atoms with Gasteiger partial charge in [0.25, 0.3) is 5.56 Å². The summed E-state index contributed by atoms with van der Waals surface area (Å²) in [7, 11) is 0. The van der Waals surface area contributed by atoms with Crippen molar-refractivity contribution < 1.29 is 22.7 Å². The Labute approximate surface area is 179 Å². The van der Waals surface area contributed by atoms with Gasteiger partial charge >= 0.3 is 18.0 Å². The van der Waals surface area contributed by atoms with Crippen LogP contribution < -0.4 is 16.7 Å². The first-order valence-electron chi connectivity index (χ1n) is 9.57. The van der Waals surface area contributed by atoms with E-state index < -0.39 is 41.7 Å². The minimum atomic E-state index is -4.64. The van der Waals surface area contributed by atoms with Crippen LogP contribution in [0.3, 0.4) is 0 Å². The molecule has 2 aromatic heterocycles. The highest BCUT2D eigenvalue weighted by Crippen LogP contribution is 2.41. The maximum atomic E-state index is 13.2. The third-order valence-corrected chi connectivity index (χ3v) is 6.00. The molecule has 1 fully saturated rings. The van der Waals surface area contributed by atoms with Crippen LogP contribution in [-0.2, 0) is 11.3 Å². The molecule has 0 bridgehead atoms. The molecule has 1 aliphatic rings. The van der Waals surface area contributed by atoms with Crippen LogP contribution >= 0.6 is 11.3 Å². The monoisotopic (exact) mass is 460 g/mol. The second-order valence-electron chi connectivity index (χ2n) is 8.58. The number of carbonyl (C=O) groups excluding carboxylic acids is 1. The highest BCUT2D eigenvalue weighted by atomic mass is 32.1. The third-order valence-electron chi connectivity index (χ3n) is 4.75. The lowest BCUT2D eigenvalue weighted by Gasteiger charge is -2.18. The summed E-state index contributed by atoms with van der Waals surface area (Å²) < 4.78 is 46.1. The molecule has 0 radical (unpaired) electrons. The number of halogens is 3. The van der Waals surface area contributed by atoms with E-state index in [0.29, 0.717) is 21.4 Å². The Kier molecular flexibility index (Phi) is 5.80. The van der Waals surface area contributed by atoms with Gasteiger partial charge in [-0.25, -0.2) is 15.0 Å². The number of carbonyl (C=O) groups is 1. The molecular weight excluding hydrogens is 437 g/mol. The van der Waals surface area contributed by atoms with Crippen LogP contribution in [0.4, 0.5) is 18.0 Å². The summed E-state index contributed by atoms with van der Waals surface area (Å²) in [6.07, 6.45) is -3.67. The average Bonchev–Trinajstić information content (AvgIpc) is 3.20. The van der Waals surface area contributed by atoms with Crippen LogP contribution in [0.15, 0.2) is 14.7 Å². The first kappa shape index (κ1) is 23.0.